The lowest BCUT2D eigenvalue weighted by Gasteiger charge is -2.23. The number of carboxylic acids is 2. The minimum atomic E-state index is -1.47. The lowest BCUT2D eigenvalue weighted by molar-refractivity contribution is -0.143. The van der Waals surface area contributed by atoms with Crippen LogP contribution in [0.4, 0.5) is 0 Å². The first-order valence-corrected chi connectivity index (χ1v) is 9.52. The Kier molecular flexibility index (Phi) is 12.1. The molecule has 0 bridgehead atoms. The highest BCUT2D eigenvalue weighted by Gasteiger charge is 2.28. The van der Waals surface area contributed by atoms with Crippen molar-refractivity contribution in [2.45, 2.75) is 56.8 Å². The Labute approximate surface area is 177 Å². The molecule has 14 heteroatoms. The number of carboxylic acid groups (broad SMARTS) is 2. The van der Waals surface area contributed by atoms with Crippen LogP contribution >= 0.6 is 12.6 Å². The van der Waals surface area contributed by atoms with E-state index in [0.717, 1.165) is 0 Å². The smallest absolute Gasteiger partial charge is 0.326 e. The fourth-order valence-corrected chi connectivity index (χ4v) is 2.28. The van der Waals surface area contributed by atoms with E-state index >= 15 is 0 Å². The standard InChI is InChI=1S/C16H27N5O8S/c1-7(13(25)21-10(16(28)29)3-5-12(23)24)19-15(27)9(2-4-11(18)22)20-14(26)8(17)6-30/h7-10,30H,2-6,17H2,1H3,(H2,18,22)(H,19,27)(H,20,26)(H,21,25)(H,23,24)(H,28,29). The van der Waals surface area contributed by atoms with E-state index in [1.165, 1.54) is 6.92 Å². The number of rotatable bonds is 14. The molecule has 0 aliphatic heterocycles. The summed E-state index contributed by atoms with van der Waals surface area (Å²) in [5, 5.41) is 24.5. The van der Waals surface area contributed by atoms with Crippen molar-refractivity contribution in [3.8, 4) is 0 Å². The van der Waals surface area contributed by atoms with E-state index in [1.807, 2.05) is 0 Å². The number of carbonyl (C=O) groups excluding carboxylic acids is 4. The maximum atomic E-state index is 12.4. The van der Waals surface area contributed by atoms with E-state index in [0.29, 0.717) is 0 Å². The quantitative estimate of drug-likeness (QED) is 0.126. The summed E-state index contributed by atoms with van der Waals surface area (Å²) in [6.45, 7) is 1.26. The summed E-state index contributed by atoms with van der Waals surface area (Å²) in [4.78, 5) is 69.3. The molecule has 0 radical (unpaired) electrons. The van der Waals surface area contributed by atoms with E-state index in [-0.39, 0.29) is 25.0 Å². The lowest BCUT2D eigenvalue weighted by atomic mass is 10.1. The van der Waals surface area contributed by atoms with Gasteiger partial charge in [-0.1, -0.05) is 0 Å². The van der Waals surface area contributed by atoms with Crippen molar-refractivity contribution in [3.63, 3.8) is 0 Å². The number of aliphatic carboxylic acids is 2. The molecule has 13 nitrogen and oxygen atoms in total. The van der Waals surface area contributed by atoms with Gasteiger partial charge in [0.05, 0.1) is 6.04 Å². The molecule has 9 N–H and O–H groups in total. The van der Waals surface area contributed by atoms with Gasteiger partial charge in [0.25, 0.3) is 0 Å². The Morgan fingerprint density at radius 1 is 0.867 bits per heavy atom. The largest absolute Gasteiger partial charge is 0.481 e. The second kappa shape index (κ2) is 13.4. The monoisotopic (exact) mass is 449 g/mol. The van der Waals surface area contributed by atoms with Crippen molar-refractivity contribution in [2.75, 3.05) is 5.75 Å². The molecule has 0 aromatic carbocycles. The summed E-state index contributed by atoms with van der Waals surface area (Å²) < 4.78 is 0. The maximum absolute atomic E-state index is 12.4. The van der Waals surface area contributed by atoms with Gasteiger partial charge in [0.2, 0.25) is 23.6 Å². The van der Waals surface area contributed by atoms with Gasteiger partial charge in [0.1, 0.15) is 18.1 Å². The molecular weight excluding hydrogens is 422 g/mol. The number of primary amides is 1. The van der Waals surface area contributed by atoms with E-state index in [1.54, 1.807) is 0 Å². The van der Waals surface area contributed by atoms with Gasteiger partial charge in [-0.05, 0) is 19.8 Å². The normalized spacial score (nSPS) is 14.5. The number of carbonyl (C=O) groups is 6. The van der Waals surface area contributed by atoms with Crippen molar-refractivity contribution in [1.29, 1.82) is 0 Å². The molecule has 0 spiro atoms. The fourth-order valence-electron chi connectivity index (χ4n) is 2.12. The molecule has 30 heavy (non-hydrogen) atoms. The fraction of sp³-hybridized carbons (Fsp3) is 0.625. The third-order valence-electron chi connectivity index (χ3n) is 3.86. The van der Waals surface area contributed by atoms with Crippen LogP contribution in [-0.4, -0.2) is 75.7 Å². The Bertz CT molecular complexity index is 674. The predicted octanol–water partition coefficient (Wildman–Crippen LogP) is -3.07. The molecule has 0 saturated heterocycles. The van der Waals surface area contributed by atoms with Crippen LogP contribution in [0.5, 0.6) is 0 Å². The predicted molar refractivity (Wildman–Crippen MR) is 106 cm³/mol. The van der Waals surface area contributed by atoms with Gasteiger partial charge >= 0.3 is 11.9 Å². The van der Waals surface area contributed by atoms with Gasteiger partial charge in [0, 0.05) is 18.6 Å². The highest BCUT2D eigenvalue weighted by molar-refractivity contribution is 7.80. The van der Waals surface area contributed by atoms with Gasteiger partial charge in [-0.3, -0.25) is 24.0 Å². The molecule has 0 aromatic rings. The number of hydrogen-bond donors (Lipinski definition) is 8. The Hall–Kier alpha value is -2.87. The second-order valence-corrected chi connectivity index (χ2v) is 6.78. The molecule has 4 unspecified atom stereocenters. The van der Waals surface area contributed by atoms with E-state index in [9.17, 15) is 28.8 Å². The zero-order valence-corrected chi connectivity index (χ0v) is 17.2. The van der Waals surface area contributed by atoms with Crippen LogP contribution in [-0.2, 0) is 28.8 Å². The lowest BCUT2D eigenvalue weighted by Crippen LogP contribution is -2.56. The topological polar surface area (TPSA) is 231 Å². The average Bonchev–Trinajstić information content (AvgIpc) is 2.66. The van der Waals surface area contributed by atoms with E-state index in [2.05, 4.69) is 28.6 Å². The van der Waals surface area contributed by atoms with Crippen LogP contribution < -0.4 is 27.4 Å². The summed E-state index contributed by atoms with van der Waals surface area (Å²) in [7, 11) is 0. The zero-order valence-electron chi connectivity index (χ0n) is 16.3. The number of nitrogens with one attached hydrogen (secondary N) is 3. The minimum Gasteiger partial charge on any atom is -0.481 e. The molecule has 0 aromatic heterocycles. The van der Waals surface area contributed by atoms with Gasteiger partial charge in [-0.25, -0.2) is 4.79 Å². The maximum Gasteiger partial charge on any atom is 0.326 e. The molecule has 0 saturated carbocycles. The Morgan fingerprint density at radius 3 is 1.87 bits per heavy atom. The molecule has 0 aliphatic carbocycles. The third-order valence-corrected chi connectivity index (χ3v) is 4.25. The first-order valence-electron chi connectivity index (χ1n) is 8.89. The molecule has 0 aliphatic rings. The summed E-state index contributed by atoms with van der Waals surface area (Å²) in [5.74, 6) is -5.79. The summed E-state index contributed by atoms with van der Waals surface area (Å²) in [6, 6.07) is -4.93. The molecule has 4 amide bonds. The Morgan fingerprint density at radius 2 is 1.40 bits per heavy atom. The summed E-state index contributed by atoms with van der Waals surface area (Å²) >= 11 is 3.88. The van der Waals surface area contributed by atoms with Gasteiger partial charge in [0.15, 0.2) is 0 Å². The van der Waals surface area contributed by atoms with E-state index < -0.39 is 66.2 Å². The average molecular weight is 449 g/mol. The van der Waals surface area contributed by atoms with Gasteiger partial charge < -0.3 is 37.6 Å². The Balaban J connectivity index is 5.05. The van der Waals surface area contributed by atoms with Crippen LogP contribution in [0.1, 0.15) is 32.6 Å². The minimum absolute atomic E-state index is 0.00171. The highest BCUT2D eigenvalue weighted by atomic mass is 32.1. The van der Waals surface area contributed by atoms with E-state index in [4.69, 9.17) is 21.7 Å². The van der Waals surface area contributed by atoms with Crippen LogP contribution in [0.15, 0.2) is 0 Å². The number of nitrogens with two attached hydrogens (primary N) is 2. The number of amides is 4. The van der Waals surface area contributed by atoms with Crippen LogP contribution in [0.25, 0.3) is 0 Å². The third kappa shape index (κ3) is 10.6. The van der Waals surface area contributed by atoms with Crippen LogP contribution in [0, 0.1) is 0 Å². The SMILES string of the molecule is CC(NC(=O)C(CCC(N)=O)NC(=O)C(N)CS)C(=O)NC(CCC(=O)O)C(=O)O. The summed E-state index contributed by atoms with van der Waals surface area (Å²) in [6.07, 6.45) is -1.22. The molecule has 0 rings (SSSR count). The molecular formula is C16H27N5O8S. The van der Waals surface area contributed by atoms with Crippen molar-refractivity contribution in [2.24, 2.45) is 11.5 Å². The van der Waals surface area contributed by atoms with Crippen LogP contribution in [0.3, 0.4) is 0 Å². The highest BCUT2D eigenvalue weighted by Crippen LogP contribution is 2.02. The first kappa shape index (κ1) is 27.1. The van der Waals surface area contributed by atoms with Gasteiger partial charge in [-0.2, -0.15) is 12.6 Å². The van der Waals surface area contributed by atoms with Crippen molar-refractivity contribution in [1.82, 2.24) is 16.0 Å². The molecule has 170 valence electrons. The molecule has 0 heterocycles. The van der Waals surface area contributed by atoms with Crippen molar-refractivity contribution < 1.29 is 39.0 Å². The molecule has 4 atom stereocenters. The first-order chi connectivity index (χ1) is 13.9. The number of thiol groups is 1. The van der Waals surface area contributed by atoms with Crippen molar-refractivity contribution >= 4 is 48.2 Å². The summed E-state index contributed by atoms with van der Waals surface area (Å²) in [5.41, 5.74) is 10.6. The van der Waals surface area contributed by atoms with Crippen molar-refractivity contribution in [3.05, 3.63) is 0 Å². The molecule has 0 fully saturated rings. The number of hydrogen-bond acceptors (Lipinski definition) is 8. The second-order valence-electron chi connectivity index (χ2n) is 6.42. The van der Waals surface area contributed by atoms with Gasteiger partial charge in [-0.15, -0.1) is 0 Å². The zero-order chi connectivity index (χ0) is 23.4. The van der Waals surface area contributed by atoms with Crippen LogP contribution in [0.2, 0.25) is 0 Å².